The summed E-state index contributed by atoms with van der Waals surface area (Å²) in [6, 6.07) is 3.47. The molecule has 6 heteroatoms. The van der Waals surface area contributed by atoms with Gasteiger partial charge in [0.05, 0.1) is 5.56 Å². The van der Waals surface area contributed by atoms with E-state index in [1.54, 1.807) is 6.07 Å². The predicted octanol–water partition coefficient (Wildman–Crippen LogP) is 2.14. The molecular weight excluding hydrogens is 302 g/mol. The van der Waals surface area contributed by atoms with Crippen molar-refractivity contribution in [1.29, 1.82) is 0 Å². The van der Waals surface area contributed by atoms with E-state index < -0.39 is 17.9 Å². The summed E-state index contributed by atoms with van der Waals surface area (Å²) in [5.74, 6) is -1.87. The van der Waals surface area contributed by atoms with Crippen LogP contribution in [-0.2, 0) is 4.79 Å². The number of nitrogens with one attached hydrogen (secondary N) is 1. The standard InChI is InChI=1S/C12H14BrNO4/c1-2-3-9(12(17)18)14-11(16)8-5-4-7(13)6-10(8)15/h4-6,9,15H,2-3H2,1H3,(H,14,16)(H,17,18)/t9-/m0/s1. The maximum atomic E-state index is 11.8. The summed E-state index contributed by atoms with van der Waals surface area (Å²) >= 11 is 3.16. The minimum Gasteiger partial charge on any atom is -0.507 e. The summed E-state index contributed by atoms with van der Waals surface area (Å²) in [5.41, 5.74) is 0.0561. The highest BCUT2D eigenvalue weighted by Gasteiger charge is 2.21. The van der Waals surface area contributed by atoms with Crippen LogP contribution in [0.5, 0.6) is 5.75 Å². The van der Waals surface area contributed by atoms with Gasteiger partial charge in [-0.25, -0.2) is 4.79 Å². The molecule has 18 heavy (non-hydrogen) atoms. The van der Waals surface area contributed by atoms with E-state index in [0.717, 1.165) is 0 Å². The smallest absolute Gasteiger partial charge is 0.326 e. The van der Waals surface area contributed by atoms with Gasteiger partial charge in [-0.3, -0.25) is 4.79 Å². The van der Waals surface area contributed by atoms with Crippen molar-refractivity contribution >= 4 is 27.8 Å². The summed E-state index contributed by atoms with van der Waals surface area (Å²) in [6.45, 7) is 1.83. The first kappa shape index (κ1) is 14.5. The third-order valence-electron chi connectivity index (χ3n) is 2.39. The molecule has 0 saturated heterocycles. The number of hydrogen-bond acceptors (Lipinski definition) is 3. The molecule has 1 rings (SSSR count). The molecule has 0 heterocycles. The Morgan fingerprint density at radius 3 is 2.61 bits per heavy atom. The Balaban J connectivity index is 2.83. The minimum absolute atomic E-state index is 0.0561. The van der Waals surface area contributed by atoms with Crippen molar-refractivity contribution in [3.8, 4) is 5.75 Å². The molecule has 0 fully saturated rings. The molecule has 0 aliphatic heterocycles. The lowest BCUT2D eigenvalue weighted by Gasteiger charge is -2.14. The minimum atomic E-state index is -1.08. The van der Waals surface area contributed by atoms with Gasteiger partial charge in [0, 0.05) is 4.47 Å². The molecule has 3 N–H and O–H groups in total. The Hall–Kier alpha value is -1.56. The van der Waals surface area contributed by atoms with E-state index >= 15 is 0 Å². The van der Waals surface area contributed by atoms with E-state index in [4.69, 9.17) is 5.11 Å². The summed E-state index contributed by atoms with van der Waals surface area (Å²) < 4.78 is 0.639. The number of phenols is 1. The lowest BCUT2D eigenvalue weighted by molar-refractivity contribution is -0.139. The number of aromatic hydroxyl groups is 1. The third kappa shape index (κ3) is 3.73. The molecule has 98 valence electrons. The van der Waals surface area contributed by atoms with Crippen LogP contribution in [-0.4, -0.2) is 28.1 Å². The van der Waals surface area contributed by atoms with Gasteiger partial charge in [-0.15, -0.1) is 0 Å². The van der Waals surface area contributed by atoms with Crippen LogP contribution >= 0.6 is 15.9 Å². The molecule has 1 atom stereocenters. The zero-order valence-corrected chi connectivity index (χ0v) is 11.4. The number of hydrogen-bond donors (Lipinski definition) is 3. The zero-order chi connectivity index (χ0) is 13.7. The number of aliphatic carboxylic acids is 1. The number of halogens is 1. The third-order valence-corrected chi connectivity index (χ3v) is 2.88. The van der Waals surface area contributed by atoms with Crippen LogP contribution in [0, 0.1) is 0 Å². The number of amides is 1. The van der Waals surface area contributed by atoms with Gasteiger partial charge < -0.3 is 15.5 Å². The molecule has 5 nitrogen and oxygen atoms in total. The van der Waals surface area contributed by atoms with Crippen LogP contribution in [0.15, 0.2) is 22.7 Å². The second-order valence-corrected chi connectivity index (χ2v) is 4.73. The van der Waals surface area contributed by atoms with Gasteiger partial charge in [0.2, 0.25) is 0 Å². The van der Waals surface area contributed by atoms with Crippen molar-refractivity contribution in [2.75, 3.05) is 0 Å². The van der Waals surface area contributed by atoms with Gasteiger partial charge in [-0.2, -0.15) is 0 Å². The maximum Gasteiger partial charge on any atom is 0.326 e. The first-order valence-corrected chi connectivity index (χ1v) is 6.27. The van der Waals surface area contributed by atoms with Gasteiger partial charge in [0.15, 0.2) is 0 Å². The Morgan fingerprint density at radius 1 is 1.44 bits per heavy atom. The lowest BCUT2D eigenvalue weighted by atomic mass is 10.1. The number of carbonyl (C=O) groups is 2. The molecule has 0 aromatic heterocycles. The fourth-order valence-corrected chi connectivity index (χ4v) is 1.83. The molecule has 0 bridgehead atoms. The van der Waals surface area contributed by atoms with Crippen LogP contribution in [0.1, 0.15) is 30.1 Å². The highest BCUT2D eigenvalue weighted by Crippen LogP contribution is 2.22. The fourth-order valence-electron chi connectivity index (χ4n) is 1.48. The highest BCUT2D eigenvalue weighted by molar-refractivity contribution is 9.10. The molecular formula is C12H14BrNO4. The van der Waals surface area contributed by atoms with Crippen LogP contribution in [0.25, 0.3) is 0 Å². The molecule has 0 spiro atoms. The summed E-state index contributed by atoms with van der Waals surface area (Å²) in [4.78, 5) is 22.7. The van der Waals surface area contributed by atoms with E-state index in [2.05, 4.69) is 21.2 Å². The summed E-state index contributed by atoms with van der Waals surface area (Å²) in [7, 11) is 0. The second-order valence-electron chi connectivity index (χ2n) is 3.81. The predicted molar refractivity (Wildman–Crippen MR) is 69.6 cm³/mol. The van der Waals surface area contributed by atoms with Crippen molar-refractivity contribution in [2.45, 2.75) is 25.8 Å². The maximum absolute atomic E-state index is 11.8. The molecule has 1 aromatic carbocycles. The number of carboxylic acid groups (broad SMARTS) is 1. The topological polar surface area (TPSA) is 86.6 Å². The van der Waals surface area contributed by atoms with Gasteiger partial charge in [-0.1, -0.05) is 29.3 Å². The average Bonchev–Trinajstić information content (AvgIpc) is 2.27. The van der Waals surface area contributed by atoms with Crippen molar-refractivity contribution in [3.05, 3.63) is 28.2 Å². The monoisotopic (exact) mass is 315 g/mol. The van der Waals surface area contributed by atoms with Crippen LogP contribution in [0.4, 0.5) is 0 Å². The summed E-state index contributed by atoms with van der Waals surface area (Å²) in [6.07, 6.45) is 0.988. The molecule has 0 radical (unpaired) electrons. The van der Waals surface area contributed by atoms with E-state index in [-0.39, 0.29) is 11.3 Å². The van der Waals surface area contributed by atoms with Gasteiger partial charge >= 0.3 is 5.97 Å². The first-order valence-electron chi connectivity index (χ1n) is 5.48. The van der Waals surface area contributed by atoms with Crippen LogP contribution < -0.4 is 5.32 Å². The van der Waals surface area contributed by atoms with Gasteiger partial charge in [0.25, 0.3) is 5.91 Å². The Bertz CT molecular complexity index is 461. The van der Waals surface area contributed by atoms with Crippen molar-refractivity contribution in [2.24, 2.45) is 0 Å². The number of carbonyl (C=O) groups excluding carboxylic acids is 1. The average molecular weight is 316 g/mol. The molecule has 0 aliphatic carbocycles. The van der Waals surface area contributed by atoms with Gasteiger partial charge in [-0.05, 0) is 24.6 Å². The fraction of sp³-hybridized carbons (Fsp3) is 0.333. The molecule has 1 aromatic rings. The summed E-state index contributed by atoms with van der Waals surface area (Å²) in [5, 5.41) is 20.9. The number of benzene rings is 1. The van der Waals surface area contributed by atoms with E-state index in [0.29, 0.717) is 17.3 Å². The highest BCUT2D eigenvalue weighted by atomic mass is 79.9. The lowest BCUT2D eigenvalue weighted by Crippen LogP contribution is -2.40. The van der Waals surface area contributed by atoms with Crippen molar-refractivity contribution < 1.29 is 19.8 Å². The largest absolute Gasteiger partial charge is 0.507 e. The quantitative estimate of drug-likeness (QED) is 0.777. The first-order chi connectivity index (χ1) is 8.45. The van der Waals surface area contributed by atoms with E-state index in [1.165, 1.54) is 12.1 Å². The SMILES string of the molecule is CCC[C@H](NC(=O)c1ccc(Br)cc1O)C(=O)O. The Kier molecular flexibility index (Phi) is 5.15. The molecule has 0 aliphatic rings. The molecule has 0 saturated carbocycles. The van der Waals surface area contributed by atoms with Crippen molar-refractivity contribution in [3.63, 3.8) is 0 Å². The van der Waals surface area contributed by atoms with Crippen LogP contribution in [0.2, 0.25) is 0 Å². The number of carboxylic acids is 1. The zero-order valence-electron chi connectivity index (χ0n) is 9.81. The second kappa shape index (κ2) is 6.39. The van der Waals surface area contributed by atoms with Gasteiger partial charge in [0.1, 0.15) is 11.8 Å². The number of phenolic OH excluding ortho intramolecular Hbond substituents is 1. The number of rotatable bonds is 5. The van der Waals surface area contributed by atoms with E-state index in [1.807, 2.05) is 6.92 Å². The Morgan fingerprint density at radius 2 is 2.11 bits per heavy atom. The normalized spacial score (nSPS) is 11.9. The van der Waals surface area contributed by atoms with Crippen LogP contribution in [0.3, 0.4) is 0 Å². The molecule has 1 amide bonds. The van der Waals surface area contributed by atoms with E-state index in [9.17, 15) is 14.7 Å². The molecule has 0 unspecified atom stereocenters. The van der Waals surface area contributed by atoms with Crippen molar-refractivity contribution in [1.82, 2.24) is 5.32 Å². The Labute approximate surface area is 113 Å².